The van der Waals surface area contributed by atoms with Crippen LogP contribution in [-0.2, 0) is 0 Å². The molecule has 0 amide bonds. The van der Waals surface area contributed by atoms with Crippen LogP contribution >= 0.6 is 22.6 Å². The van der Waals surface area contributed by atoms with Crippen LogP contribution in [0.15, 0.2) is 34.0 Å². The fourth-order valence-corrected chi connectivity index (χ4v) is 0.663. The largest absolute Gasteiger partial charge is 0.416 e. The van der Waals surface area contributed by atoms with Gasteiger partial charge in [0.2, 0.25) is 0 Å². The predicted octanol–water partition coefficient (Wildman–Crippen LogP) is 4.00. The topological polar surface area (TPSA) is 0 Å². The zero-order valence-corrected chi connectivity index (χ0v) is 8.61. The van der Waals surface area contributed by atoms with Crippen molar-refractivity contribution >= 4 is 22.6 Å². The van der Waals surface area contributed by atoms with Crippen LogP contribution in [0.4, 0.5) is 13.2 Å². The van der Waals surface area contributed by atoms with Crippen LogP contribution in [0, 0.1) is 0 Å². The van der Waals surface area contributed by atoms with E-state index >= 15 is 0 Å². The maximum atomic E-state index is 12.0. The molecule has 0 aliphatic heterocycles. The second-order valence-corrected chi connectivity index (χ2v) is 3.78. The zero-order valence-electron chi connectivity index (χ0n) is 6.45. The Labute approximate surface area is 83.0 Å². The number of halogens is 4. The Morgan fingerprint density at radius 1 is 1.33 bits per heavy atom. The minimum absolute atomic E-state index is 0.724. The van der Waals surface area contributed by atoms with E-state index in [1.165, 1.54) is 6.08 Å². The van der Waals surface area contributed by atoms with Gasteiger partial charge in [-0.25, -0.2) is 0 Å². The molecule has 0 nitrogen and oxygen atoms in total. The van der Waals surface area contributed by atoms with Gasteiger partial charge >= 0.3 is 6.18 Å². The molecule has 0 aliphatic rings. The van der Waals surface area contributed by atoms with Crippen molar-refractivity contribution in [3.05, 3.63) is 34.0 Å². The highest BCUT2D eigenvalue weighted by Crippen LogP contribution is 2.26. The quantitative estimate of drug-likeness (QED) is 0.532. The molecule has 4 heteroatoms. The summed E-state index contributed by atoms with van der Waals surface area (Å²) in [5.41, 5.74) is -0.724. The van der Waals surface area contributed by atoms with Crippen molar-refractivity contribution in [1.82, 2.24) is 0 Å². The van der Waals surface area contributed by atoms with E-state index in [4.69, 9.17) is 0 Å². The maximum absolute atomic E-state index is 12.0. The van der Waals surface area contributed by atoms with Gasteiger partial charge in [0.25, 0.3) is 0 Å². The monoisotopic (exact) mass is 288 g/mol. The summed E-state index contributed by atoms with van der Waals surface area (Å²) in [5.74, 6) is 0. The van der Waals surface area contributed by atoms with Gasteiger partial charge in [-0.3, -0.25) is 0 Å². The summed E-state index contributed by atoms with van der Waals surface area (Å²) in [7, 11) is 0. The lowest BCUT2D eigenvalue weighted by Crippen LogP contribution is -2.09. The molecular formula is C8H8F3I. The van der Waals surface area contributed by atoms with Gasteiger partial charge in [-0.15, -0.1) is 0 Å². The van der Waals surface area contributed by atoms with Crippen molar-refractivity contribution in [2.75, 3.05) is 0 Å². The van der Waals surface area contributed by atoms with Crippen molar-refractivity contribution in [2.24, 2.45) is 0 Å². The third-order valence-corrected chi connectivity index (χ3v) is 1.40. The van der Waals surface area contributed by atoms with Gasteiger partial charge in [-0.1, -0.05) is 18.7 Å². The zero-order chi connectivity index (χ0) is 9.78. The molecule has 0 N–H and O–H groups in total. The molecule has 0 aliphatic carbocycles. The Balaban J connectivity index is 4.68. The van der Waals surface area contributed by atoms with E-state index < -0.39 is 11.7 Å². The van der Waals surface area contributed by atoms with Gasteiger partial charge in [-0.05, 0) is 39.2 Å². The number of allylic oxidation sites excluding steroid dienone is 5. The van der Waals surface area contributed by atoms with Crippen LogP contribution in [0.25, 0.3) is 0 Å². The lowest BCUT2D eigenvalue weighted by Gasteiger charge is -2.05. The first-order chi connectivity index (χ1) is 5.38. The van der Waals surface area contributed by atoms with Crippen molar-refractivity contribution < 1.29 is 13.2 Å². The van der Waals surface area contributed by atoms with Crippen LogP contribution in [-0.4, -0.2) is 6.18 Å². The van der Waals surface area contributed by atoms with E-state index in [9.17, 15) is 13.2 Å². The van der Waals surface area contributed by atoms with Gasteiger partial charge in [0, 0.05) is 0 Å². The Morgan fingerprint density at radius 3 is 2.08 bits per heavy atom. The SMILES string of the molecule is C=C/C(=C\C=C(/C)I)C(F)(F)F. The van der Waals surface area contributed by atoms with Crippen LogP contribution in [0.2, 0.25) is 0 Å². The van der Waals surface area contributed by atoms with E-state index in [0.29, 0.717) is 0 Å². The van der Waals surface area contributed by atoms with Crippen molar-refractivity contribution in [3.63, 3.8) is 0 Å². The van der Waals surface area contributed by atoms with E-state index in [-0.39, 0.29) is 0 Å². The van der Waals surface area contributed by atoms with E-state index in [0.717, 1.165) is 15.7 Å². The second kappa shape index (κ2) is 4.69. The molecule has 0 saturated carbocycles. The van der Waals surface area contributed by atoms with Gasteiger partial charge < -0.3 is 0 Å². The molecule has 0 spiro atoms. The minimum atomic E-state index is -4.30. The molecule has 0 radical (unpaired) electrons. The molecule has 12 heavy (non-hydrogen) atoms. The fourth-order valence-electron chi connectivity index (χ4n) is 0.483. The first kappa shape index (κ1) is 11.7. The maximum Gasteiger partial charge on any atom is 0.416 e. The highest BCUT2D eigenvalue weighted by molar-refractivity contribution is 14.1. The highest BCUT2D eigenvalue weighted by atomic mass is 127. The second-order valence-electron chi connectivity index (χ2n) is 2.08. The van der Waals surface area contributed by atoms with Crippen molar-refractivity contribution in [2.45, 2.75) is 13.1 Å². The summed E-state index contributed by atoms with van der Waals surface area (Å²) in [6, 6.07) is 0. The number of hydrogen-bond donors (Lipinski definition) is 0. The van der Waals surface area contributed by atoms with E-state index in [2.05, 4.69) is 6.58 Å². The molecular weight excluding hydrogens is 280 g/mol. The van der Waals surface area contributed by atoms with Gasteiger partial charge in [0.05, 0.1) is 5.57 Å². The standard InChI is InChI=1S/C8H8F3I/c1-3-7(8(9,10)11)5-4-6(2)12/h3-5H,1H2,2H3/b6-4+,7-5+. The number of alkyl halides is 3. The predicted molar refractivity (Wildman–Crippen MR) is 52.1 cm³/mol. The van der Waals surface area contributed by atoms with Crippen LogP contribution in [0.1, 0.15) is 6.92 Å². The lowest BCUT2D eigenvalue weighted by molar-refractivity contribution is -0.0881. The fraction of sp³-hybridized carbons (Fsp3) is 0.250. The summed E-state index contributed by atoms with van der Waals surface area (Å²) >= 11 is 1.94. The first-order valence-electron chi connectivity index (χ1n) is 3.11. The smallest absolute Gasteiger partial charge is 0.166 e. The first-order valence-corrected chi connectivity index (χ1v) is 4.19. The summed E-state index contributed by atoms with van der Waals surface area (Å²) < 4.78 is 36.8. The van der Waals surface area contributed by atoms with Gasteiger partial charge in [0.15, 0.2) is 0 Å². The molecule has 0 rings (SSSR count). The molecule has 0 aromatic carbocycles. The third kappa shape index (κ3) is 4.58. The normalized spacial score (nSPS) is 14.8. The van der Waals surface area contributed by atoms with Crippen LogP contribution in [0.3, 0.4) is 0 Å². The lowest BCUT2D eigenvalue weighted by atomic mass is 10.2. The van der Waals surface area contributed by atoms with E-state index in [1.54, 1.807) is 6.92 Å². The molecule has 0 heterocycles. The van der Waals surface area contributed by atoms with Crippen LogP contribution < -0.4 is 0 Å². The van der Waals surface area contributed by atoms with Gasteiger partial charge in [0.1, 0.15) is 0 Å². The molecule has 68 valence electrons. The Kier molecular flexibility index (Phi) is 4.59. The van der Waals surface area contributed by atoms with Crippen molar-refractivity contribution in [1.29, 1.82) is 0 Å². The summed E-state index contributed by atoms with van der Waals surface area (Å²) in [4.78, 5) is 0. The summed E-state index contributed by atoms with van der Waals surface area (Å²) in [5, 5.41) is 0. The number of rotatable bonds is 2. The molecule has 0 fully saturated rings. The average Bonchev–Trinajstić information content (AvgIpc) is 1.85. The highest BCUT2D eigenvalue weighted by Gasteiger charge is 2.30. The molecule has 0 aromatic heterocycles. The summed E-state index contributed by atoms with van der Waals surface area (Å²) in [6.07, 6.45) is -1.10. The molecule has 0 bridgehead atoms. The minimum Gasteiger partial charge on any atom is -0.166 e. The van der Waals surface area contributed by atoms with Crippen LogP contribution in [0.5, 0.6) is 0 Å². The molecule has 0 saturated heterocycles. The third-order valence-electron chi connectivity index (χ3n) is 1.04. The molecule has 0 unspecified atom stereocenters. The Morgan fingerprint density at radius 2 is 1.83 bits per heavy atom. The molecule has 0 atom stereocenters. The summed E-state index contributed by atoms with van der Waals surface area (Å²) in [6.45, 7) is 4.80. The Hall–Kier alpha value is -0.260. The number of hydrogen-bond acceptors (Lipinski definition) is 0. The van der Waals surface area contributed by atoms with E-state index in [1.807, 2.05) is 22.6 Å². The average molecular weight is 288 g/mol. The Bertz CT molecular complexity index is 219. The molecule has 0 aromatic rings. The van der Waals surface area contributed by atoms with Crippen molar-refractivity contribution in [3.8, 4) is 0 Å². The van der Waals surface area contributed by atoms with Gasteiger partial charge in [-0.2, -0.15) is 13.2 Å².